The van der Waals surface area contributed by atoms with Gasteiger partial charge in [-0.1, -0.05) is 43.4 Å². The zero-order valence-corrected chi connectivity index (χ0v) is 17.0. The molecule has 28 heavy (non-hydrogen) atoms. The summed E-state index contributed by atoms with van der Waals surface area (Å²) in [6, 6.07) is 4.53. The fourth-order valence-corrected chi connectivity index (χ4v) is 4.69. The molecule has 2 aliphatic rings. The molecule has 0 saturated heterocycles. The lowest BCUT2D eigenvalue weighted by Gasteiger charge is -2.33. The van der Waals surface area contributed by atoms with E-state index in [2.05, 4.69) is 5.32 Å². The average Bonchev–Trinajstić information content (AvgIpc) is 3.15. The summed E-state index contributed by atoms with van der Waals surface area (Å²) in [5, 5.41) is 3.52. The van der Waals surface area contributed by atoms with Crippen LogP contribution in [0.4, 0.5) is 8.78 Å². The predicted octanol–water partition coefficient (Wildman–Crippen LogP) is 5.81. The Kier molecular flexibility index (Phi) is 6.76. The van der Waals surface area contributed by atoms with Gasteiger partial charge in [-0.15, -0.1) is 0 Å². The minimum absolute atomic E-state index is 0.271. The summed E-state index contributed by atoms with van der Waals surface area (Å²) in [6.07, 6.45) is 5.39. The summed E-state index contributed by atoms with van der Waals surface area (Å²) in [6.45, 7) is 2.61. The number of ether oxygens (including phenoxy) is 1. The maximum atomic E-state index is 14.9. The van der Waals surface area contributed by atoms with Crippen LogP contribution >= 0.6 is 11.6 Å². The number of rotatable bonds is 6. The molecule has 3 rings (SSSR count). The summed E-state index contributed by atoms with van der Waals surface area (Å²) in [4.78, 5) is 12.8. The van der Waals surface area contributed by atoms with E-state index in [0.29, 0.717) is 17.2 Å². The molecular formula is C22H26ClF2NO2. The normalized spacial score (nSPS) is 20.5. The van der Waals surface area contributed by atoms with Crippen molar-refractivity contribution in [3.8, 4) is 0 Å². The van der Waals surface area contributed by atoms with Gasteiger partial charge in [-0.2, -0.15) is 0 Å². The molecule has 0 bridgehead atoms. The zero-order chi connectivity index (χ0) is 20.3. The maximum Gasteiger partial charge on any atom is 0.336 e. The second-order valence-corrected chi connectivity index (χ2v) is 7.97. The van der Waals surface area contributed by atoms with Crippen LogP contribution in [0.5, 0.6) is 0 Å². The van der Waals surface area contributed by atoms with Crippen LogP contribution in [0.3, 0.4) is 0 Å². The molecule has 3 nitrogen and oxygen atoms in total. The number of esters is 1. The van der Waals surface area contributed by atoms with Crippen LogP contribution in [0.15, 0.2) is 40.7 Å². The molecular weight excluding hydrogens is 384 g/mol. The molecule has 1 N–H and O–H groups in total. The van der Waals surface area contributed by atoms with E-state index in [1.165, 1.54) is 18.9 Å². The Hall–Kier alpha value is -1.88. The molecule has 0 amide bonds. The van der Waals surface area contributed by atoms with Crippen molar-refractivity contribution in [2.45, 2.75) is 51.9 Å². The highest BCUT2D eigenvalue weighted by molar-refractivity contribution is 6.31. The molecule has 1 atom stereocenters. The fraction of sp³-hybridized carbons (Fsp3) is 0.500. The molecule has 1 aliphatic heterocycles. The highest BCUT2D eigenvalue weighted by atomic mass is 35.5. The number of halogens is 3. The van der Waals surface area contributed by atoms with Crippen molar-refractivity contribution in [1.29, 1.82) is 0 Å². The smallest absolute Gasteiger partial charge is 0.336 e. The van der Waals surface area contributed by atoms with Crippen molar-refractivity contribution in [1.82, 2.24) is 5.32 Å². The largest absolute Gasteiger partial charge is 0.459 e. The summed E-state index contributed by atoms with van der Waals surface area (Å²) in [5.74, 6) is -1.23. The number of allylic oxidation sites excluding steroid dienone is 3. The molecule has 1 unspecified atom stereocenters. The third kappa shape index (κ3) is 4.24. The van der Waals surface area contributed by atoms with Crippen molar-refractivity contribution in [2.75, 3.05) is 13.3 Å². The lowest BCUT2D eigenvalue weighted by Crippen LogP contribution is -2.30. The molecule has 0 aromatic heterocycles. The van der Waals surface area contributed by atoms with E-state index in [0.717, 1.165) is 30.5 Å². The molecule has 1 aliphatic carbocycles. The Labute approximate surface area is 169 Å². The van der Waals surface area contributed by atoms with Crippen LogP contribution < -0.4 is 5.32 Å². The minimum Gasteiger partial charge on any atom is -0.459 e. The Balaban J connectivity index is 2.09. The van der Waals surface area contributed by atoms with Crippen LogP contribution in [0.2, 0.25) is 5.02 Å². The second kappa shape index (κ2) is 9.08. The zero-order valence-electron chi connectivity index (χ0n) is 16.3. The van der Waals surface area contributed by atoms with Crippen molar-refractivity contribution >= 4 is 17.6 Å². The number of dihydropyridines is 1. The van der Waals surface area contributed by atoms with Gasteiger partial charge >= 0.3 is 5.97 Å². The quantitative estimate of drug-likeness (QED) is 0.603. The Bertz CT molecular complexity index is 793. The Morgan fingerprint density at radius 1 is 1.25 bits per heavy atom. The molecule has 1 aromatic rings. The van der Waals surface area contributed by atoms with Crippen molar-refractivity contribution in [3.05, 3.63) is 57.1 Å². The standard InChI is InChI=1S/C22H26ClF2NO2/c1-13-16(12-15-6-3-4-7-15)20(21-17(23)8-5-9-18(21)25)19(14(2)26-13)22(27)28-11-10-24/h5,8-9,15,20,26H,3-4,6-7,10-12H2,1-2H3. The fourth-order valence-electron chi connectivity index (χ4n) is 4.42. The van der Waals surface area contributed by atoms with Gasteiger partial charge in [0.2, 0.25) is 0 Å². The number of hydrogen-bond acceptors (Lipinski definition) is 3. The van der Waals surface area contributed by atoms with Crippen LogP contribution in [0.1, 0.15) is 57.4 Å². The van der Waals surface area contributed by atoms with E-state index in [4.69, 9.17) is 16.3 Å². The lowest BCUT2D eigenvalue weighted by atomic mass is 9.76. The SMILES string of the molecule is CC1=C(CC2CCCC2)C(c2c(F)cccc2Cl)C(C(=O)OCCF)=C(C)N1. The van der Waals surface area contributed by atoms with Gasteiger partial charge in [-0.3, -0.25) is 0 Å². The first-order chi connectivity index (χ1) is 13.4. The topological polar surface area (TPSA) is 38.3 Å². The first-order valence-corrected chi connectivity index (χ1v) is 10.2. The molecule has 152 valence electrons. The van der Waals surface area contributed by atoms with Crippen LogP contribution in [0, 0.1) is 11.7 Å². The van der Waals surface area contributed by atoms with Gasteiger partial charge in [-0.05, 0) is 43.9 Å². The number of alkyl halides is 1. The number of hydrogen-bond donors (Lipinski definition) is 1. The predicted molar refractivity (Wildman–Crippen MR) is 106 cm³/mol. The summed E-state index contributed by atoms with van der Waals surface area (Å²) in [5.41, 5.74) is 3.04. The van der Waals surface area contributed by atoms with E-state index in [1.54, 1.807) is 19.1 Å². The number of benzene rings is 1. The summed E-state index contributed by atoms with van der Waals surface area (Å²) < 4.78 is 32.6. The van der Waals surface area contributed by atoms with Gasteiger partial charge in [0, 0.05) is 27.9 Å². The van der Waals surface area contributed by atoms with Crippen molar-refractivity contribution in [3.63, 3.8) is 0 Å². The van der Waals surface area contributed by atoms with E-state index in [1.807, 2.05) is 6.92 Å². The summed E-state index contributed by atoms with van der Waals surface area (Å²) in [7, 11) is 0. The van der Waals surface area contributed by atoms with E-state index >= 15 is 0 Å². The average molecular weight is 410 g/mol. The van der Waals surface area contributed by atoms with E-state index in [-0.39, 0.29) is 17.2 Å². The van der Waals surface area contributed by atoms with Gasteiger partial charge in [0.1, 0.15) is 19.1 Å². The highest BCUT2D eigenvalue weighted by Gasteiger charge is 2.37. The van der Waals surface area contributed by atoms with Gasteiger partial charge in [0.15, 0.2) is 0 Å². The third-order valence-corrected chi connectivity index (χ3v) is 6.03. The van der Waals surface area contributed by atoms with Gasteiger partial charge < -0.3 is 10.1 Å². The van der Waals surface area contributed by atoms with Crippen LogP contribution in [-0.4, -0.2) is 19.3 Å². The number of carbonyl (C=O) groups is 1. The molecule has 6 heteroatoms. The Morgan fingerprint density at radius 3 is 2.61 bits per heavy atom. The van der Waals surface area contributed by atoms with Crippen LogP contribution in [0.25, 0.3) is 0 Å². The first kappa shape index (κ1) is 20.8. The number of carbonyl (C=O) groups excluding carboxylic acids is 1. The van der Waals surface area contributed by atoms with Gasteiger partial charge in [0.05, 0.1) is 5.57 Å². The van der Waals surface area contributed by atoms with Crippen molar-refractivity contribution < 1.29 is 18.3 Å². The van der Waals surface area contributed by atoms with Crippen molar-refractivity contribution in [2.24, 2.45) is 5.92 Å². The molecule has 1 fully saturated rings. The molecule has 1 saturated carbocycles. The molecule has 1 aromatic carbocycles. The Morgan fingerprint density at radius 2 is 1.96 bits per heavy atom. The van der Waals surface area contributed by atoms with Gasteiger partial charge in [-0.25, -0.2) is 13.6 Å². The molecule has 0 spiro atoms. The molecule has 0 radical (unpaired) electrons. The highest BCUT2D eigenvalue weighted by Crippen LogP contribution is 2.46. The monoisotopic (exact) mass is 409 g/mol. The first-order valence-electron chi connectivity index (χ1n) is 9.78. The lowest BCUT2D eigenvalue weighted by molar-refractivity contribution is -0.139. The van der Waals surface area contributed by atoms with Crippen LogP contribution in [-0.2, 0) is 9.53 Å². The van der Waals surface area contributed by atoms with E-state index in [9.17, 15) is 13.6 Å². The van der Waals surface area contributed by atoms with Gasteiger partial charge in [0.25, 0.3) is 0 Å². The summed E-state index contributed by atoms with van der Waals surface area (Å²) >= 11 is 6.40. The third-order valence-electron chi connectivity index (χ3n) is 5.70. The maximum absolute atomic E-state index is 14.9. The number of nitrogens with one attached hydrogen (secondary N) is 1. The van der Waals surface area contributed by atoms with E-state index < -0.39 is 24.4 Å². The minimum atomic E-state index is -0.763. The molecule has 1 heterocycles. The second-order valence-electron chi connectivity index (χ2n) is 7.56.